The zero-order chi connectivity index (χ0) is 28.6. The molecule has 0 aromatic heterocycles. The Morgan fingerprint density at radius 3 is 2.19 bits per heavy atom. The highest BCUT2D eigenvalue weighted by atomic mass is 16.6. The molecule has 1 rings (SSSR count). The third kappa shape index (κ3) is 11.2. The van der Waals surface area contributed by atoms with Gasteiger partial charge in [-0.15, -0.1) is 0 Å². The summed E-state index contributed by atoms with van der Waals surface area (Å²) in [6.07, 6.45) is 0.515. The zero-order valence-corrected chi connectivity index (χ0v) is 24.0. The second kappa shape index (κ2) is 13.4. The monoisotopic (exact) mass is 518 g/mol. The summed E-state index contributed by atoms with van der Waals surface area (Å²) in [5.74, 6) is -1.40. The van der Waals surface area contributed by atoms with E-state index in [9.17, 15) is 19.2 Å². The van der Waals surface area contributed by atoms with Crippen LogP contribution in [0.5, 0.6) is 0 Å². The molecular formula is C28H46N4O5. The number of rotatable bonds is 11. The lowest BCUT2D eigenvalue weighted by molar-refractivity contribution is -0.143. The summed E-state index contributed by atoms with van der Waals surface area (Å²) in [6.45, 7) is 16.9. The van der Waals surface area contributed by atoms with E-state index < -0.39 is 41.1 Å². The highest BCUT2D eigenvalue weighted by molar-refractivity contribution is 5.93. The van der Waals surface area contributed by atoms with Crippen LogP contribution in [-0.4, -0.2) is 52.4 Å². The topological polar surface area (TPSA) is 131 Å². The molecule has 0 saturated heterocycles. The Hall–Kier alpha value is -3.10. The molecule has 2 unspecified atom stereocenters. The number of alkyl carbamates (subject to hydrolysis) is 1. The minimum atomic E-state index is -1.10. The number of nitrogens with one attached hydrogen (secondary N) is 2. The molecule has 2 atom stereocenters. The predicted octanol–water partition coefficient (Wildman–Crippen LogP) is 4.05. The van der Waals surface area contributed by atoms with Gasteiger partial charge in [0.1, 0.15) is 17.7 Å². The standard InChI is InChI=1S/C28H46N4O5/c1-10-11-16-32(25(35)21(14-15-22(29)33)30-26(36)37-28(7,8)9)23(24(34)31-27(4,5)6)20-17-18(2)12-13-19(20)3/h12-13,17,21,23H,10-11,14-16H2,1-9H3,(H2,29,33)(H,30,36)(H,31,34). The second-order valence-electron chi connectivity index (χ2n) is 11.6. The van der Waals surface area contributed by atoms with Gasteiger partial charge in [-0.05, 0) is 79.4 Å². The van der Waals surface area contributed by atoms with Crippen molar-refractivity contribution in [3.05, 3.63) is 34.9 Å². The molecule has 9 heteroatoms. The summed E-state index contributed by atoms with van der Waals surface area (Å²) in [5, 5.41) is 5.63. The first kappa shape index (κ1) is 31.9. The second-order valence-corrected chi connectivity index (χ2v) is 11.6. The molecule has 0 saturated carbocycles. The number of aryl methyl sites for hydroxylation is 2. The van der Waals surface area contributed by atoms with Gasteiger partial charge in [-0.2, -0.15) is 0 Å². The van der Waals surface area contributed by atoms with Crippen molar-refractivity contribution in [1.82, 2.24) is 15.5 Å². The lowest BCUT2D eigenvalue weighted by Gasteiger charge is -2.36. The van der Waals surface area contributed by atoms with Gasteiger partial charge in [-0.25, -0.2) is 4.79 Å². The Kier molecular flexibility index (Phi) is 11.6. The van der Waals surface area contributed by atoms with E-state index in [1.165, 1.54) is 4.90 Å². The molecule has 37 heavy (non-hydrogen) atoms. The van der Waals surface area contributed by atoms with Crippen molar-refractivity contribution in [2.24, 2.45) is 5.73 Å². The number of nitrogens with zero attached hydrogens (tertiary/aromatic N) is 1. The van der Waals surface area contributed by atoms with Crippen LogP contribution >= 0.6 is 0 Å². The third-order valence-electron chi connectivity index (χ3n) is 5.49. The summed E-state index contributed by atoms with van der Waals surface area (Å²) in [5.41, 5.74) is 6.57. The van der Waals surface area contributed by atoms with Gasteiger partial charge in [-0.3, -0.25) is 14.4 Å². The Labute approximate surface area is 221 Å². The fourth-order valence-electron chi connectivity index (χ4n) is 3.83. The number of unbranched alkanes of at least 4 members (excludes halogenated alkanes) is 1. The van der Waals surface area contributed by atoms with E-state index in [0.717, 1.165) is 17.5 Å². The van der Waals surface area contributed by atoms with Crippen molar-refractivity contribution >= 4 is 23.8 Å². The number of primary amides is 1. The van der Waals surface area contributed by atoms with Crippen molar-refractivity contribution in [2.45, 2.75) is 111 Å². The van der Waals surface area contributed by atoms with Gasteiger partial charge in [0.2, 0.25) is 17.7 Å². The summed E-state index contributed by atoms with van der Waals surface area (Å²) in [6, 6.07) is 3.75. The molecule has 1 aromatic rings. The van der Waals surface area contributed by atoms with Crippen LogP contribution in [0.2, 0.25) is 0 Å². The molecule has 0 radical (unpaired) electrons. The molecule has 208 valence electrons. The molecule has 0 bridgehead atoms. The molecule has 4 amide bonds. The van der Waals surface area contributed by atoms with Crippen molar-refractivity contribution in [3.63, 3.8) is 0 Å². The van der Waals surface area contributed by atoms with Crippen LogP contribution in [0.15, 0.2) is 18.2 Å². The molecule has 9 nitrogen and oxygen atoms in total. The molecule has 0 heterocycles. The maximum absolute atomic E-state index is 14.1. The van der Waals surface area contributed by atoms with Gasteiger partial charge in [-0.1, -0.05) is 37.1 Å². The fourth-order valence-corrected chi connectivity index (χ4v) is 3.83. The number of amides is 4. The molecule has 0 aliphatic heterocycles. The maximum Gasteiger partial charge on any atom is 0.408 e. The van der Waals surface area contributed by atoms with Gasteiger partial charge in [0.25, 0.3) is 0 Å². The van der Waals surface area contributed by atoms with Crippen LogP contribution in [-0.2, 0) is 19.1 Å². The van der Waals surface area contributed by atoms with Gasteiger partial charge in [0, 0.05) is 18.5 Å². The van der Waals surface area contributed by atoms with Gasteiger partial charge in [0.15, 0.2) is 0 Å². The van der Waals surface area contributed by atoms with Crippen molar-refractivity contribution in [2.75, 3.05) is 6.54 Å². The summed E-state index contributed by atoms with van der Waals surface area (Å²) >= 11 is 0. The SMILES string of the molecule is CCCCN(C(=O)C(CCC(N)=O)NC(=O)OC(C)(C)C)C(C(=O)NC(C)(C)C)c1cc(C)ccc1C. The van der Waals surface area contributed by atoms with E-state index in [1.54, 1.807) is 20.8 Å². The highest BCUT2D eigenvalue weighted by Gasteiger charge is 2.37. The van der Waals surface area contributed by atoms with E-state index >= 15 is 0 Å². The lowest BCUT2D eigenvalue weighted by Crippen LogP contribution is -2.55. The largest absolute Gasteiger partial charge is 0.444 e. The summed E-state index contributed by atoms with van der Waals surface area (Å²) in [7, 11) is 0. The van der Waals surface area contributed by atoms with Gasteiger partial charge >= 0.3 is 6.09 Å². The fraction of sp³-hybridized carbons (Fsp3) is 0.643. The first-order valence-corrected chi connectivity index (χ1v) is 12.9. The Balaban J connectivity index is 3.60. The minimum absolute atomic E-state index is 0.0174. The van der Waals surface area contributed by atoms with E-state index in [4.69, 9.17) is 10.5 Å². The lowest BCUT2D eigenvalue weighted by atomic mass is 9.94. The van der Waals surface area contributed by atoms with Crippen LogP contribution in [0.25, 0.3) is 0 Å². The van der Waals surface area contributed by atoms with E-state index in [2.05, 4.69) is 10.6 Å². The van der Waals surface area contributed by atoms with Crippen LogP contribution in [0.3, 0.4) is 0 Å². The van der Waals surface area contributed by atoms with Crippen LogP contribution in [0.1, 0.15) is 96.9 Å². The molecule has 4 N–H and O–H groups in total. The predicted molar refractivity (Wildman–Crippen MR) is 145 cm³/mol. The van der Waals surface area contributed by atoms with Gasteiger partial charge in [0.05, 0.1) is 0 Å². The van der Waals surface area contributed by atoms with Crippen molar-refractivity contribution in [3.8, 4) is 0 Å². The van der Waals surface area contributed by atoms with Crippen molar-refractivity contribution < 1.29 is 23.9 Å². The number of carbonyl (C=O) groups is 4. The average molecular weight is 519 g/mol. The van der Waals surface area contributed by atoms with Crippen molar-refractivity contribution in [1.29, 1.82) is 0 Å². The quantitative estimate of drug-likeness (QED) is 0.407. The first-order valence-electron chi connectivity index (χ1n) is 12.9. The molecular weight excluding hydrogens is 472 g/mol. The molecule has 1 aromatic carbocycles. The molecule has 0 aliphatic rings. The number of hydrogen-bond acceptors (Lipinski definition) is 5. The van der Waals surface area contributed by atoms with Crippen LogP contribution in [0, 0.1) is 13.8 Å². The molecule has 0 aliphatic carbocycles. The third-order valence-corrected chi connectivity index (χ3v) is 5.49. The van der Waals surface area contributed by atoms with E-state index in [-0.39, 0.29) is 25.3 Å². The maximum atomic E-state index is 14.1. The highest BCUT2D eigenvalue weighted by Crippen LogP contribution is 2.28. The molecule has 0 spiro atoms. The van der Waals surface area contributed by atoms with Gasteiger partial charge < -0.3 is 26.0 Å². The Morgan fingerprint density at radius 1 is 1.05 bits per heavy atom. The van der Waals surface area contributed by atoms with E-state index in [1.807, 2.05) is 59.7 Å². The van der Waals surface area contributed by atoms with Crippen LogP contribution < -0.4 is 16.4 Å². The average Bonchev–Trinajstić information content (AvgIpc) is 2.72. The number of ether oxygens (including phenoxy) is 1. The summed E-state index contributed by atoms with van der Waals surface area (Å²) < 4.78 is 5.36. The smallest absolute Gasteiger partial charge is 0.408 e. The minimum Gasteiger partial charge on any atom is -0.444 e. The number of carbonyl (C=O) groups excluding carboxylic acids is 4. The summed E-state index contributed by atoms with van der Waals surface area (Å²) in [4.78, 5) is 53.5. The molecule has 0 fully saturated rings. The number of benzene rings is 1. The number of hydrogen-bond donors (Lipinski definition) is 3. The zero-order valence-electron chi connectivity index (χ0n) is 24.0. The Morgan fingerprint density at radius 2 is 1.68 bits per heavy atom. The number of nitrogens with two attached hydrogens (primary N) is 1. The van der Waals surface area contributed by atoms with Crippen LogP contribution in [0.4, 0.5) is 4.79 Å². The normalized spacial score (nSPS) is 13.3. The first-order chi connectivity index (χ1) is 16.9. The van der Waals surface area contributed by atoms with E-state index in [0.29, 0.717) is 12.0 Å². The Bertz CT molecular complexity index is 962.